The van der Waals surface area contributed by atoms with Crippen molar-refractivity contribution in [3.8, 4) is 0 Å². The number of halogens is 3. The van der Waals surface area contributed by atoms with Crippen LogP contribution in [0.1, 0.15) is 17.1 Å². The number of rotatable bonds is 3. The molecule has 2 aromatic rings. The summed E-state index contributed by atoms with van der Waals surface area (Å²) in [5.41, 5.74) is 1.09. The molecular formula is C16H19F3N4O. The normalized spacial score (nSPS) is 18.9. The van der Waals surface area contributed by atoms with Crippen molar-refractivity contribution in [3.63, 3.8) is 0 Å². The number of aryl methyl sites for hydroxylation is 2. The third-order valence-electron chi connectivity index (χ3n) is 3.97. The van der Waals surface area contributed by atoms with Crippen molar-refractivity contribution >= 4 is 5.82 Å². The molecule has 0 aromatic carbocycles. The second-order valence-corrected chi connectivity index (χ2v) is 5.93. The van der Waals surface area contributed by atoms with Gasteiger partial charge in [-0.05, 0) is 32.0 Å². The van der Waals surface area contributed by atoms with Crippen LogP contribution in [0.2, 0.25) is 0 Å². The van der Waals surface area contributed by atoms with Crippen molar-refractivity contribution in [2.75, 3.05) is 24.6 Å². The van der Waals surface area contributed by atoms with Gasteiger partial charge < -0.3 is 9.64 Å². The number of alkyl halides is 3. The van der Waals surface area contributed by atoms with E-state index in [0.29, 0.717) is 32.1 Å². The van der Waals surface area contributed by atoms with E-state index in [4.69, 9.17) is 4.74 Å². The second kappa shape index (κ2) is 6.43. The van der Waals surface area contributed by atoms with Crippen LogP contribution in [0.5, 0.6) is 0 Å². The van der Waals surface area contributed by atoms with Crippen LogP contribution in [0.3, 0.4) is 0 Å². The molecule has 1 unspecified atom stereocenters. The summed E-state index contributed by atoms with van der Waals surface area (Å²) in [6, 6.07) is 5.95. The maximum Gasteiger partial charge on any atom is 0.433 e. The number of morpholine rings is 1. The summed E-state index contributed by atoms with van der Waals surface area (Å²) in [7, 11) is 0. The molecule has 8 heteroatoms. The molecule has 2 aromatic heterocycles. The number of ether oxygens (including phenoxy) is 1. The molecule has 0 aliphatic carbocycles. The highest BCUT2D eigenvalue weighted by atomic mass is 19.4. The Balaban J connectivity index is 1.73. The summed E-state index contributed by atoms with van der Waals surface area (Å²) in [5.74, 6) is 0.325. The molecule has 130 valence electrons. The van der Waals surface area contributed by atoms with Crippen molar-refractivity contribution in [1.82, 2.24) is 14.8 Å². The number of nitrogens with zero attached hydrogens (tertiary/aromatic N) is 4. The van der Waals surface area contributed by atoms with Crippen molar-refractivity contribution in [2.24, 2.45) is 0 Å². The summed E-state index contributed by atoms with van der Waals surface area (Å²) in [4.78, 5) is 5.58. The van der Waals surface area contributed by atoms with Crippen molar-refractivity contribution in [1.29, 1.82) is 0 Å². The number of anilines is 1. The van der Waals surface area contributed by atoms with E-state index in [1.165, 1.54) is 6.07 Å². The summed E-state index contributed by atoms with van der Waals surface area (Å²) in [6.45, 7) is 5.89. The number of aromatic nitrogens is 3. The molecule has 3 heterocycles. The Labute approximate surface area is 138 Å². The fourth-order valence-electron chi connectivity index (χ4n) is 2.85. The topological polar surface area (TPSA) is 43.2 Å². The molecule has 1 aliphatic rings. The monoisotopic (exact) mass is 340 g/mol. The molecule has 3 rings (SSSR count). The van der Waals surface area contributed by atoms with Gasteiger partial charge in [0.2, 0.25) is 0 Å². The van der Waals surface area contributed by atoms with Crippen LogP contribution < -0.4 is 4.90 Å². The maximum absolute atomic E-state index is 12.8. The third-order valence-corrected chi connectivity index (χ3v) is 3.97. The number of hydrogen-bond donors (Lipinski definition) is 0. The zero-order valence-corrected chi connectivity index (χ0v) is 13.5. The molecule has 0 bridgehead atoms. The lowest BCUT2D eigenvalue weighted by Gasteiger charge is -2.34. The Kier molecular flexibility index (Phi) is 4.49. The van der Waals surface area contributed by atoms with Crippen LogP contribution in [0, 0.1) is 13.8 Å². The Morgan fingerprint density at radius 2 is 2.08 bits per heavy atom. The average molecular weight is 340 g/mol. The number of hydrogen-bond acceptors (Lipinski definition) is 4. The van der Waals surface area contributed by atoms with Crippen LogP contribution in [0.4, 0.5) is 19.0 Å². The fraction of sp³-hybridized carbons (Fsp3) is 0.500. The molecule has 1 fully saturated rings. The summed E-state index contributed by atoms with van der Waals surface area (Å²) in [5, 5.41) is 4.40. The molecule has 0 amide bonds. The van der Waals surface area contributed by atoms with E-state index in [-0.39, 0.29) is 6.10 Å². The van der Waals surface area contributed by atoms with Gasteiger partial charge in [0.25, 0.3) is 0 Å². The average Bonchev–Trinajstić information content (AvgIpc) is 2.84. The molecule has 0 spiro atoms. The third kappa shape index (κ3) is 3.69. The Morgan fingerprint density at radius 1 is 1.29 bits per heavy atom. The van der Waals surface area contributed by atoms with Crippen LogP contribution in [-0.4, -0.2) is 40.6 Å². The highest BCUT2D eigenvalue weighted by molar-refractivity contribution is 5.40. The quantitative estimate of drug-likeness (QED) is 0.862. The molecule has 0 radical (unpaired) electrons. The highest BCUT2D eigenvalue weighted by Gasteiger charge is 2.33. The maximum atomic E-state index is 12.8. The summed E-state index contributed by atoms with van der Waals surface area (Å²) in [6.07, 6.45) is -4.58. The minimum atomic E-state index is -4.44. The van der Waals surface area contributed by atoms with Gasteiger partial charge in [-0.3, -0.25) is 4.68 Å². The minimum absolute atomic E-state index is 0.145. The van der Waals surface area contributed by atoms with E-state index in [1.54, 1.807) is 6.07 Å². The molecule has 0 N–H and O–H groups in total. The number of pyridine rings is 1. The van der Waals surface area contributed by atoms with Gasteiger partial charge in [0.1, 0.15) is 11.5 Å². The van der Waals surface area contributed by atoms with E-state index in [0.717, 1.165) is 17.5 Å². The highest BCUT2D eigenvalue weighted by Crippen LogP contribution is 2.29. The fourth-order valence-corrected chi connectivity index (χ4v) is 2.85. The summed E-state index contributed by atoms with van der Waals surface area (Å²) < 4.78 is 46.1. The molecule has 1 atom stereocenters. The lowest BCUT2D eigenvalue weighted by Crippen LogP contribution is -2.45. The van der Waals surface area contributed by atoms with Gasteiger partial charge in [-0.2, -0.15) is 18.3 Å². The Bertz CT molecular complexity index is 714. The van der Waals surface area contributed by atoms with Crippen LogP contribution in [-0.2, 0) is 17.5 Å². The van der Waals surface area contributed by atoms with Crippen LogP contribution in [0.25, 0.3) is 0 Å². The Morgan fingerprint density at radius 3 is 2.75 bits per heavy atom. The zero-order chi connectivity index (χ0) is 17.3. The van der Waals surface area contributed by atoms with Gasteiger partial charge >= 0.3 is 6.18 Å². The SMILES string of the molecule is Cc1cc(C)n(CC2CN(c3cccc(C(F)(F)F)n3)CCO2)n1. The van der Waals surface area contributed by atoms with Gasteiger partial charge in [-0.15, -0.1) is 0 Å². The van der Waals surface area contributed by atoms with E-state index in [2.05, 4.69) is 10.1 Å². The standard InChI is InChI=1S/C16H19F3N4O/c1-11-8-12(2)23(21-11)10-13-9-22(6-7-24-13)15-5-3-4-14(20-15)16(17,18)19/h3-5,8,13H,6-7,9-10H2,1-2H3. The van der Waals surface area contributed by atoms with E-state index in [1.807, 2.05) is 29.5 Å². The second-order valence-electron chi connectivity index (χ2n) is 5.93. The van der Waals surface area contributed by atoms with E-state index in [9.17, 15) is 13.2 Å². The molecule has 5 nitrogen and oxygen atoms in total. The molecule has 0 saturated carbocycles. The van der Waals surface area contributed by atoms with E-state index >= 15 is 0 Å². The summed E-state index contributed by atoms with van der Waals surface area (Å²) >= 11 is 0. The lowest BCUT2D eigenvalue weighted by molar-refractivity contribution is -0.141. The van der Waals surface area contributed by atoms with Gasteiger partial charge in [0, 0.05) is 18.8 Å². The largest absolute Gasteiger partial charge is 0.433 e. The molecule has 1 aliphatic heterocycles. The van der Waals surface area contributed by atoms with Gasteiger partial charge in [-0.1, -0.05) is 6.07 Å². The zero-order valence-electron chi connectivity index (χ0n) is 13.5. The molecular weight excluding hydrogens is 321 g/mol. The Hall–Kier alpha value is -2.09. The first-order valence-corrected chi connectivity index (χ1v) is 7.75. The lowest BCUT2D eigenvalue weighted by atomic mass is 10.2. The first kappa shape index (κ1) is 16.8. The van der Waals surface area contributed by atoms with Crippen LogP contribution in [0.15, 0.2) is 24.3 Å². The molecule has 1 saturated heterocycles. The first-order valence-electron chi connectivity index (χ1n) is 7.75. The van der Waals surface area contributed by atoms with E-state index < -0.39 is 11.9 Å². The predicted molar refractivity (Wildman–Crippen MR) is 82.9 cm³/mol. The van der Waals surface area contributed by atoms with Crippen molar-refractivity contribution in [2.45, 2.75) is 32.7 Å². The van der Waals surface area contributed by atoms with Crippen molar-refractivity contribution < 1.29 is 17.9 Å². The van der Waals surface area contributed by atoms with Crippen molar-refractivity contribution in [3.05, 3.63) is 41.3 Å². The van der Waals surface area contributed by atoms with Crippen LogP contribution >= 0.6 is 0 Å². The van der Waals surface area contributed by atoms with Gasteiger partial charge in [0.05, 0.1) is 24.9 Å². The molecule has 24 heavy (non-hydrogen) atoms. The van der Waals surface area contributed by atoms with Gasteiger partial charge in [-0.25, -0.2) is 4.98 Å². The van der Waals surface area contributed by atoms with Gasteiger partial charge in [0.15, 0.2) is 0 Å². The first-order chi connectivity index (χ1) is 11.3. The predicted octanol–water partition coefficient (Wildman–Crippen LogP) is 2.82. The minimum Gasteiger partial charge on any atom is -0.373 e. The smallest absolute Gasteiger partial charge is 0.373 e.